The zero-order valence-corrected chi connectivity index (χ0v) is 16.6. The van der Waals surface area contributed by atoms with Crippen molar-refractivity contribution < 1.29 is 9.63 Å². The molecule has 4 N–H and O–H groups in total. The first-order chi connectivity index (χ1) is 14.0. The predicted molar refractivity (Wildman–Crippen MR) is 111 cm³/mol. The molecule has 2 aromatic heterocycles. The number of aromatic nitrogens is 3. The molecule has 0 saturated carbocycles. The standard InChI is InChI=1S/C20H25N7O2/c1-3-5-27(29-4-2)20(28)13-6-16-17(26-18(22)8-13)7-14(10-23-16)15-11-24-19(9-21)25-12-15/h6-7,10-12H,3-5,8-9,21H2,1-2H3,(H2,22,26). The largest absolute Gasteiger partial charge is 0.387 e. The van der Waals surface area contributed by atoms with Gasteiger partial charge in [0.2, 0.25) is 0 Å². The van der Waals surface area contributed by atoms with E-state index in [1.807, 2.05) is 19.9 Å². The Morgan fingerprint density at radius 2 is 1.90 bits per heavy atom. The first kappa shape index (κ1) is 20.6. The first-order valence-electron chi connectivity index (χ1n) is 9.55. The smallest absolute Gasteiger partial charge is 0.273 e. The summed E-state index contributed by atoms with van der Waals surface area (Å²) in [6.45, 7) is 5.01. The molecule has 9 heteroatoms. The van der Waals surface area contributed by atoms with Crippen LogP contribution in [0.15, 0.2) is 35.2 Å². The molecule has 3 heterocycles. The van der Waals surface area contributed by atoms with Gasteiger partial charge < -0.3 is 11.5 Å². The van der Waals surface area contributed by atoms with E-state index in [1.165, 1.54) is 5.06 Å². The van der Waals surface area contributed by atoms with Crippen molar-refractivity contribution in [3.8, 4) is 11.1 Å². The number of carbonyl (C=O) groups excluding carboxylic acids is 1. The number of pyridine rings is 1. The number of fused-ring (bicyclic) bond motifs is 1. The van der Waals surface area contributed by atoms with Gasteiger partial charge in [0, 0.05) is 48.3 Å². The highest BCUT2D eigenvalue weighted by Gasteiger charge is 2.22. The predicted octanol–water partition coefficient (Wildman–Crippen LogP) is 1.96. The summed E-state index contributed by atoms with van der Waals surface area (Å²) in [4.78, 5) is 35.7. The molecule has 9 nitrogen and oxygen atoms in total. The molecule has 0 aromatic carbocycles. The van der Waals surface area contributed by atoms with Gasteiger partial charge in [-0.15, -0.1) is 0 Å². The minimum atomic E-state index is -0.226. The number of rotatable bonds is 7. The summed E-state index contributed by atoms with van der Waals surface area (Å²) in [6.07, 6.45) is 7.82. The van der Waals surface area contributed by atoms with Crippen molar-refractivity contribution in [3.05, 3.63) is 41.7 Å². The third-order valence-electron chi connectivity index (χ3n) is 4.28. The Bertz CT molecular complexity index is 932. The quantitative estimate of drug-likeness (QED) is 0.685. The van der Waals surface area contributed by atoms with E-state index >= 15 is 0 Å². The van der Waals surface area contributed by atoms with Gasteiger partial charge in [0.05, 0.1) is 24.5 Å². The van der Waals surface area contributed by atoms with E-state index in [0.717, 1.165) is 17.5 Å². The van der Waals surface area contributed by atoms with Crippen LogP contribution in [-0.4, -0.2) is 44.9 Å². The van der Waals surface area contributed by atoms with E-state index in [1.54, 1.807) is 24.7 Å². The van der Waals surface area contributed by atoms with E-state index in [2.05, 4.69) is 19.9 Å². The molecular weight excluding hydrogens is 370 g/mol. The molecule has 0 saturated heterocycles. The SMILES string of the molecule is CCCN(OCC)C(=O)C1=Cc2ncc(-c3cnc(CN)nc3)cc2N=C(N)C1. The molecule has 152 valence electrons. The maximum absolute atomic E-state index is 12.9. The highest BCUT2D eigenvalue weighted by atomic mass is 16.7. The van der Waals surface area contributed by atoms with Crippen molar-refractivity contribution in [3.63, 3.8) is 0 Å². The maximum atomic E-state index is 12.9. The Labute approximate surface area is 169 Å². The Balaban J connectivity index is 1.94. The molecule has 0 unspecified atom stereocenters. The lowest BCUT2D eigenvalue weighted by Gasteiger charge is -2.21. The molecular formula is C20H25N7O2. The summed E-state index contributed by atoms with van der Waals surface area (Å²) >= 11 is 0. The molecule has 0 aliphatic carbocycles. The number of nitrogens with zero attached hydrogens (tertiary/aromatic N) is 5. The fourth-order valence-electron chi connectivity index (χ4n) is 2.92. The summed E-state index contributed by atoms with van der Waals surface area (Å²) in [5.41, 5.74) is 14.9. The van der Waals surface area contributed by atoms with Crippen molar-refractivity contribution in [2.24, 2.45) is 16.5 Å². The minimum absolute atomic E-state index is 0.226. The van der Waals surface area contributed by atoms with Gasteiger partial charge in [-0.1, -0.05) is 6.92 Å². The lowest BCUT2D eigenvalue weighted by molar-refractivity contribution is -0.180. The average Bonchev–Trinajstić information content (AvgIpc) is 2.90. The van der Waals surface area contributed by atoms with Crippen LogP contribution in [-0.2, 0) is 16.2 Å². The van der Waals surface area contributed by atoms with Crippen LogP contribution in [0.25, 0.3) is 17.2 Å². The third-order valence-corrected chi connectivity index (χ3v) is 4.28. The molecule has 0 spiro atoms. The first-order valence-corrected chi connectivity index (χ1v) is 9.55. The number of hydrogen-bond donors (Lipinski definition) is 2. The highest BCUT2D eigenvalue weighted by molar-refractivity contribution is 6.05. The molecule has 1 amide bonds. The molecule has 0 atom stereocenters. The lowest BCUT2D eigenvalue weighted by Crippen LogP contribution is -2.34. The van der Waals surface area contributed by atoms with E-state index in [4.69, 9.17) is 16.3 Å². The molecule has 0 radical (unpaired) electrons. The molecule has 2 aromatic rings. The molecule has 1 aliphatic heterocycles. The van der Waals surface area contributed by atoms with Crippen LogP contribution in [0.4, 0.5) is 5.69 Å². The number of nitrogens with two attached hydrogens (primary N) is 2. The normalized spacial score (nSPS) is 13.2. The number of hydroxylamine groups is 2. The molecule has 29 heavy (non-hydrogen) atoms. The topological polar surface area (TPSA) is 133 Å². The Morgan fingerprint density at radius 3 is 2.55 bits per heavy atom. The Morgan fingerprint density at radius 1 is 1.17 bits per heavy atom. The van der Waals surface area contributed by atoms with Gasteiger partial charge >= 0.3 is 0 Å². The van der Waals surface area contributed by atoms with Crippen LogP contribution in [0.2, 0.25) is 0 Å². The molecule has 1 aliphatic rings. The number of amides is 1. The lowest BCUT2D eigenvalue weighted by atomic mass is 10.1. The van der Waals surface area contributed by atoms with Gasteiger partial charge in [-0.3, -0.25) is 14.6 Å². The fourth-order valence-corrected chi connectivity index (χ4v) is 2.92. The summed E-state index contributed by atoms with van der Waals surface area (Å²) in [5.74, 6) is 0.678. The van der Waals surface area contributed by atoms with Crippen molar-refractivity contribution in [2.75, 3.05) is 13.2 Å². The summed E-state index contributed by atoms with van der Waals surface area (Å²) in [7, 11) is 0. The van der Waals surface area contributed by atoms with Crippen molar-refractivity contribution in [1.29, 1.82) is 0 Å². The number of amidine groups is 1. The molecule has 0 fully saturated rings. The summed E-state index contributed by atoms with van der Waals surface area (Å²) in [6, 6.07) is 1.85. The van der Waals surface area contributed by atoms with Crippen molar-refractivity contribution in [2.45, 2.75) is 33.2 Å². The van der Waals surface area contributed by atoms with Gasteiger partial charge in [-0.2, -0.15) is 0 Å². The second kappa shape index (κ2) is 9.35. The van der Waals surface area contributed by atoms with Gasteiger partial charge in [0.25, 0.3) is 5.91 Å². The maximum Gasteiger partial charge on any atom is 0.273 e. The fraction of sp³-hybridized carbons (Fsp3) is 0.350. The minimum Gasteiger partial charge on any atom is -0.387 e. The number of aliphatic imine (C=N–C) groups is 1. The number of carbonyl (C=O) groups is 1. The summed E-state index contributed by atoms with van der Waals surface area (Å²) in [5, 5.41) is 1.37. The Kier molecular flexibility index (Phi) is 6.63. The number of hydrogen-bond acceptors (Lipinski definition) is 8. The van der Waals surface area contributed by atoms with E-state index in [-0.39, 0.29) is 18.9 Å². The van der Waals surface area contributed by atoms with Gasteiger partial charge in [0.15, 0.2) is 0 Å². The highest BCUT2D eigenvalue weighted by Crippen LogP contribution is 2.30. The van der Waals surface area contributed by atoms with Crippen LogP contribution in [0.5, 0.6) is 0 Å². The summed E-state index contributed by atoms with van der Waals surface area (Å²) < 4.78 is 0. The third kappa shape index (κ3) is 4.82. The van der Waals surface area contributed by atoms with Crippen LogP contribution in [0.3, 0.4) is 0 Å². The van der Waals surface area contributed by atoms with E-state index in [9.17, 15) is 4.79 Å². The molecule has 0 bridgehead atoms. The van der Waals surface area contributed by atoms with Gasteiger partial charge in [-0.25, -0.2) is 20.0 Å². The Hall–Kier alpha value is -3.17. The van der Waals surface area contributed by atoms with Crippen LogP contribution in [0.1, 0.15) is 38.2 Å². The van der Waals surface area contributed by atoms with Gasteiger partial charge in [0.1, 0.15) is 11.7 Å². The molecule has 3 rings (SSSR count). The zero-order valence-electron chi connectivity index (χ0n) is 16.6. The van der Waals surface area contributed by atoms with E-state index < -0.39 is 0 Å². The average molecular weight is 395 g/mol. The van der Waals surface area contributed by atoms with Crippen LogP contribution >= 0.6 is 0 Å². The van der Waals surface area contributed by atoms with Gasteiger partial charge in [-0.05, 0) is 25.5 Å². The zero-order chi connectivity index (χ0) is 20.8. The second-order valence-electron chi connectivity index (χ2n) is 6.49. The van der Waals surface area contributed by atoms with E-state index in [0.29, 0.717) is 41.8 Å². The second-order valence-corrected chi connectivity index (χ2v) is 6.49. The van der Waals surface area contributed by atoms with Crippen molar-refractivity contribution >= 4 is 23.5 Å². The van der Waals surface area contributed by atoms with Crippen LogP contribution in [0, 0.1) is 0 Å². The van der Waals surface area contributed by atoms with Crippen molar-refractivity contribution in [1.82, 2.24) is 20.0 Å². The van der Waals surface area contributed by atoms with Crippen LogP contribution < -0.4 is 11.5 Å². The monoisotopic (exact) mass is 395 g/mol.